The highest BCUT2D eigenvalue weighted by Gasteiger charge is 2.11. The van der Waals surface area contributed by atoms with Crippen molar-refractivity contribution in [3.63, 3.8) is 0 Å². The molecule has 0 aromatic carbocycles. The van der Waals surface area contributed by atoms with Crippen LogP contribution in [0.5, 0.6) is 0 Å². The molecule has 0 aliphatic rings. The van der Waals surface area contributed by atoms with E-state index in [4.69, 9.17) is 11.6 Å². The Bertz CT molecular complexity index is 731. The van der Waals surface area contributed by atoms with Gasteiger partial charge in [0.2, 0.25) is 0 Å². The number of halogens is 2. The number of thiophene rings is 1. The van der Waals surface area contributed by atoms with Crippen molar-refractivity contribution in [3.8, 4) is 0 Å². The second-order valence-electron chi connectivity index (χ2n) is 5.83. The zero-order valence-electron chi connectivity index (χ0n) is 15.5. The van der Waals surface area contributed by atoms with Crippen LogP contribution in [0.3, 0.4) is 0 Å². The molecule has 0 spiro atoms. The van der Waals surface area contributed by atoms with Gasteiger partial charge in [0.25, 0.3) is 0 Å². The Hall–Kier alpha value is -0.840. The van der Waals surface area contributed by atoms with Gasteiger partial charge in [-0.25, -0.2) is 0 Å². The van der Waals surface area contributed by atoms with Crippen LogP contribution in [0.15, 0.2) is 17.1 Å². The third kappa shape index (κ3) is 6.40. The highest BCUT2D eigenvalue weighted by molar-refractivity contribution is 14.0. The van der Waals surface area contributed by atoms with Crippen LogP contribution in [0, 0.1) is 13.8 Å². The Balaban J connectivity index is 0.00000338. The van der Waals surface area contributed by atoms with E-state index in [1.165, 1.54) is 22.6 Å². The van der Waals surface area contributed by atoms with Crippen molar-refractivity contribution in [1.82, 2.24) is 20.4 Å². The van der Waals surface area contributed by atoms with Crippen molar-refractivity contribution >= 4 is 52.9 Å². The topological polar surface area (TPSA) is 74.5 Å². The smallest absolute Gasteiger partial charge is 0.191 e. The summed E-state index contributed by atoms with van der Waals surface area (Å²) >= 11 is 7.29. The first-order valence-corrected chi connectivity index (χ1v) is 9.56. The maximum Gasteiger partial charge on any atom is 0.191 e. The molecule has 1 atom stereocenters. The number of aliphatic imine (C=N–C) groups is 1. The molecule has 0 saturated heterocycles. The molecule has 146 valence electrons. The van der Waals surface area contributed by atoms with E-state index in [1.54, 1.807) is 6.07 Å². The molecule has 1 unspecified atom stereocenters. The first-order valence-electron chi connectivity index (χ1n) is 8.37. The van der Waals surface area contributed by atoms with E-state index in [-0.39, 0.29) is 30.5 Å². The Morgan fingerprint density at radius 3 is 2.65 bits per heavy atom. The summed E-state index contributed by atoms with van der Waals surface area (Å²) in [6.45, 7) is 7.93. The average Bonchev–Trinajstić information content (AvgIpc) is 3.10. The highest BCUT2D eigenvalue weighted by atomic mass is 127. The molecule has 9 heteroatoms. The molecule has 2 rings (SSSR count). The summed E-state index contributed by atoms with van der Waals surface area (Å²) in [5, 5.41) is 21.2. The molecule has 2 aromatic rings. The van der Waals surface area contributed by atoms with Gasteiger partial charge in [0.15, 0.2) is 5.96 Å². The van der Waals surface area contributed by atoms with Crippen LogP contribution in [0.2, 0.25) is 4.34 Å². The van der Waals surface area contributed by atoms with Gasteiger partial charge < -0.3 is 15.7 Å². The van der Waals surface area contributed by atoms with Gasteiger partial charge in [0.05, 0.1) is 16.6 Å². The van der Waals surface area contributed by atoms with Crippen molar-refractivity contribution in [2.24, 2.45) is 12.0 Å². The van der Waals surface area contributed by atoms with Crippen LogP contribution in [0.25, 0.3) is 0 Å². The molecule has 26 heavy (non-hydrogen) atoms. The Kier molecular flexibility index (Phi) is 9.91. The van der Waals surface area contributed by atoms with Gasteiger partial charge in [0.1, 0.15) is 6.10 Å². The number of rotatable bonds is 7. The fourth-order valence-electron chi connectivity index (χ4n) is 2.60. The maximum atomic E-state index is 10.2. The highest BCUT2D eigenvalue weighted by Crippen LogP contribution is 2.26. The van der Waals surface area contributed by atoms with E-state index in [2.05, 4.69) is 27.6 Å². The van der Waals surface area contributed by atoms with Gasteiger partial charge in [-0.05, 0) is 44.9 Å². The Morgan fingerprint density at radius 1 is 1.38 bits per heavy atom. The van der Waals surface area contributed by atoms with Gasteiger partial charge >= 0.3 is 0 Å². The fraction of sp³-hybridized carbons (Fsp3) is 0.529. The predicted octanol–water partition coefficient (Wildman–Crippen LogP) is 3.20. The summed E-state index contributed by atoms with van der Waals surface area (Å²) in [7, 11) is 1.96. The summed E-state index contributed by atoms with van der Waals surface area (Å²) in [4.78, 5) is 5.29. The zero-order chi connectivity index (χ0) is 18.4. The standard InChI is InChI=1S/C17H26ClN5OS.HI/c1-5-19-17(21-10-14(24)15-6-7-16(18)25-15)20-9-8-13-11(2)22-23(4)12(13)3;/h6-7,14,24H,5,8-10H2,1-4H3,(H2,19,20,21);1H. The van der Waals surface area contributed by atoms with Gasteiger partial charge in [-0.15, -0.1) is 35.3 Å². The van der Waals surface area contributed by atoms with E-state index in [0.717, 1.165) is 30.1 Å². The second kappa shape index (κ2) is 11.1. The maximum absolute atomic E-state index is 10.2. The molecule has 0 aliphatic heterocycles. The number of hydrogen-bond acceptors (Lipinski definition) is 4. The number of aliphatic hydroxyl groups excluding tert-OH is 1. The third-order valence-electron chi connectivity index (χ3n) is 4.02. The number of aromatic nitrogens is 2. The third-order valence-corrected chi connectivity index (χ3v) is 5.35. The predicted molar refractivity (Wildman–Crippen MR) is 120 cm³/mol. The molecule has 3 N–H and O–H groups in total. The van der Waals surface area contributed by atoms with Crippen LogP contribution < -0.4 is 10.6 Å². The van der Waals surface area contributed by atoms with Crippen LogP contribution >= 0.6 is 46.9 Å². The molecule has 0 saturated carbocycles. The monoisotopic (exact) mass is 511 g/mol. The van der Waals surface area contributed by atoms with Crippen LogP contribution in [0.1, 0.15) is 34.9 Å². The molecule has 0 amide bonds. The van der Waals surface area contributed by atoms with Crippen molar-refractivity contribution < 1.29 is 5.11 Å². The lowest BCUT2D eigenvalue weighted by Gasteiger charge is -2.13. The van der Waals surface area contributed by atoms with Crippen LogP contribution in [-0.2, 0) is 13.5 Å². The molecule has 0 bridgehead atoms. The summed E-state index contributed by atoms with van der Waals surface area (Å²) in [5.74, 6) is 0.698. The fourth-order valence-corrected chi connectivity index (χ4v) is 3.64. The number of aryl methyl sites for hydroxylation is 2. The van der Waals surface area contributed by atoms with Crippen molar-refractivity contribution in [2.75, 3.05) is 19.6 Å². The lowest BCUT2D eigenvalue weighted by Crippen LogP contribution is -2.38. The molecule has 6 nitrogen and oxygen atoms in total. The molecule has 0 radical (unpaired) electrons. The Labute approximate surface area is 181 Å². The van der Waals surface area contributed by atoms with Crippen molar-refractivity contribution in [1.29, 1.82) is 0 Å². The minimum atomic E-state index is -0.643. The number of guanidine groups is 1. The summed E-state index contributed by atoms with van der Waals surface area (Å²) in [6.07, 6.45) is 0.231. The minimum Gasteiger partial charge on any atom is -0.386 e. The zero-order valence-corrected chi connectivity index (χ0v) is 19.4. The number of nitrogens with one attached hydrogen (secondary N) is 2. The molecule has 0 fully saturated rings. The van der Waals surface area contributed by atoms with Crippen LogP contribution in [-0.4, -0.2) is 40.5 Å². The molecule has 2 aromatic heterocycles. The first-order chi connectivity index (χ1) is 11.9. The van der Waals surface area contributed by atoms with Crippen molar-refractivity contribution in [2.45, 2.75) is 33.3 Å². The molecular weight excluding hydrogens is 485 g/mol. The summed E-state index contributed by atoms with van der Waals surface area (Å²) < 4.78 is 2.58. The summed E-state index contributed by atoms with van der Waals surface area (Å²) in [5.41, 5.74) is 3.51. The number of hydrogen-bond donors (Lipinski definition) is 3. The lowest BCUT2D eigenvalue weighted by molar-refractivity contribution is 0.191. The van der Waals surface area contributed by atoms with E-state index in [9.17, 15) is 5.11 Å². The largest absolute Gasteiger partial charge is 0.386 e. The number of nitrogens with zero attached hydrogens (tertiary/aromatic N) is 3. The van der Waals surface area contributed by atoms with Crippen LogP contribution in [0.4, 0.5) is 0 Å². The van der Waals surface area contributed by atoms with Crippen molar-refractivity contribution in [3.05, 3.63) is 38.3 Å². The molecule has 2 heterocycles. The first kappa shape index (κ1) is 23.2. The van der Waals surface area contributed by atoms with E-state index >= 15 is 0 Å². The SMILES string of the molecule is CCNC(=NCC(O)c1ccc(Cl)s1)NCCc1c(C)nn(C)c1C.I. The Morgan fingerprint density at radius 2 is 2.12 bits per heavy atom. The van der Waals surface area contributed by atoms with Gasteiger partial charge in [-0.2, -0.15) is 5.10 Å². The number of aliphatic hydroxyl groups is 1. The van der Waals surface area contributed by atoms with Gasteiger partial charge in [-0.1, -0.05) is 11.6 Å². The van der Waals surface area contributed by atoms with Gasteiger partial charge in [-0.3, -0.25) is 9.67 Å². The normalized spacial score (nSPS) is 12.6. The quantitative estimate of drug-likeness (QED) is 0.303. The van der Waals surface area contributed by atoms with E-state index in [0.29, 0.717) is 10.3 Å². The molecular formula is C17H27ClIN5OS. The minimum absolute atomic E-state index is 0. The van der Waals surface area contributed by atoms with E-state index in [1.807, 2.05) is 31.6 Å². The molecule has 0 aliphatic carbocycles. The van der Waals surface area contributed by atoms with Gasteiger partial charge in [0, 0.05) is 30.7 Å². The second-order valence-corrected chi connectivity index (χ2v) is 7.57. The summed E-state index contributed by atoms with van der Waals surface area (Å²) in [6, 6.07) is 3.62. The lowest BCUT2D eigenvalue weighted by atomic mass is 10.1. The average molecular weight is 512 g/mol. The van der Waals surface area contributed by atoms with E-state index < -0.39 is 6.10 Å².